The highest BCUT2D eigenvalue weighted by Crippen LogP contribution is 2.20. The van der Waals surface area contributed by atoms with Crippen LogP contribution in [0.2, 0.25) is 0 Å². The summed E-state index contributed by atoms with van der Waals surface area (Å²) in [5.41, 5.74) is 7.51. The monoisotopic (exact) mass is 189 g/mol. The summed E-state index contributed by atoms with van der Waals surface area (Å²) in [5, 5.41) is 5.22. The summed E-state index contributed by atoms with van der Waals surface area (Å²) in [7, 11) is 1.81. The van der Waals surface area contributed by atoms with Crippen LogP contribution in [-0.4, -0.2) is 15.7 Å². The number of nitrogens with zero attached hydrogens (tertiary/aromatic N) is 2. The molecule has 1 heterocycles. The van der Waals surface area contributed by atoms with Gasteiger partial charge in [0.2, 0.25) is 0 Å². The molecule has 0 saturated carbocycles. The molecule has 4 heteroatoms. The normalized spacial score (nSPS) is 10.7. The van der Waals surface area contributed by atoms with Crippen LogP contribution in [0.1, 0.15) is 16.1 Å². The minimum atomic E-state index is -0.418. The number of carbonyl (C=O) groups excluding carboxylic acids is 1. The van der Waals surface area contributed by atoms with Crippen molar-refractivity contribution in [2.24, 2.45) is 12.8 Å². The van der Waals surface area contributed by atoms with Crippen molar-refractivity contribution in [2.45, 2.75) is 6.92 Å². The molecule has 0 saturated heterocycles. The second-order valence-electron chi connectivity index (χ2n) is 3.28. The number of hydrogen-bond acceptors (Lipinski definition) is 2. The minimum Gasteiger partial charge on any atom is -0.366 e. The molecule has 1 aromatic heterocycles. The third-order valence-electron chi connectivity index (χ3n) is 2.31. The second kappa shape index (κ2) is 2.83. The SMILES string of the molecule is Cc1nn(C)c2c(C(N)=O)cccc12. The molecule has 2 rings (SSSR count). The molecule has 0 aliphatic heterocycles. The van der Waals surface area contributed by atoms with E-state index in [0.717, 1.165) is 16.6 Å². The number of benzene rings is 1. The van der Waals surface area contributed by atoms with Gasteiger partial charge in [0.25, 0.3) is 5.91 Å². The van der Waals surface area contributed by atoms with E-state index in [1.165, 1.54) is 0 Å². The Morgan fingerprint density at radius 3 is 2.86 bits per heavy atom. The molecule has 72 valence electrons. The van der Waals surface area contributed by atoms with Gasteiger partial charge in [-0.3, -0.25) is 9.48 Å². The smallest absolute Gasteiger partial charge is 0.250 e. The average Bonchev–Trinajstić information content (AvgIpc) is 2.43. The summed E-state index contributed by atoms with van der Waals surface area (Å²) < 4.78 is 1.69. The Morgan fingerprint density at radius 2 is 2.21 bits per heavy atom. The lowest BCUT2D eigenvalue weighted by Gasteiger charge is -1.99. The number of rotatable bonds is 1. The van der Waals surface area contributed by atoms with Crippen LogP contribution in [-0.2, 0) is 7.05 Å². The van der Waals surface area contributed by atoms with E-state index >= 15 is 0 Å². The number of para-hydroxylation sites is 1. The van der Waals surface area contributed by atoms with E-state index in [2.05, 4.69) is 5.10 Å². The predicted octanol–water partition coefficient (Wildman–Crippen LogP) is 0.981. The highest BCUT2D eigenvalue weighted by molar-refractivity contribution is 6.05. The third-order valence-corrected chi connectivity index (χ3v) is 2.31. The number of aryl methyl sites for hydroxylation is 2. The van der Waals surface area contributed by atoms with Gasteiger partial charge >= 0.3 is 0 Å². The maximum atomic E-state index is 11.2. The van der Waals surface area contributed by atoms with Crippen LogP contribution in [0.25, 0.3) is 10.9 Å². The first kappa shape index (κ1) is 8.74. The highest BCUT2D eigenvalue weighted by Gasteiger charge is 2.11. The number of aromatic nitrogens is 2. The van der Waals surface area contributed by atoms with Crippen molar-refractivity contribution in [2.75, 3.05) is 0 Å². The average molecular weight is 189 g/mol. The van der Waals surface area contributed by atoms with Gasteiger partial charge in [-0.05, 0) is 13.0 Å². The summed E-state index contributed by atoms with van der Waals surface area (Å²) >= 11 is 0. The van der Waals surface area contributed by atoms with Gasteiger partial charge in [-0.2, -0.15) is 5.10 Å². The lowest BCUT2D eigenvalue weighted by Crippen LogP contribution is -2.12. The van der Waals surface area contributed by atoms with E-state index in [1.54, 1.807) is 10.7 Å². The van der Waals surface area contributed by atoms with E-state index in [9.17, 15) is 4.79 Å². The van der Waals surface area contributed by atoms with E-state index in [0.29, 0.717) is 5.56 Å². The van der Waals surface area contributed by atoms with Crippen molar-refractivity contribution < 1.29 is 4.79 Å². The van der Waals surface area contributed by atoms with E-state index < -0.39 is 5.91 Å². The summed E-state index contributed by atoms with van der Waals surface area (Å²) in [6.45, 7) is 1.91. The number of carbonyl (C=O) groups is 1. The molecule has 2 N–H and O–H groups in total. The minimum absolute atomic E-state index is 0.418. The molecule has 0 spiro atoms. The van der Waals surface area contributed by atoms with E-state index in [-0.39, 0.29) is 0 Å². The maximum absolute atomic E-state index is 11.2. The van der Waals surface area contributed by atoms with Gasteiger partial charge in [-0.1, -0.05) is 12.1 Å². The Bertz CT molecular complexity index is 513. The van der Waals surface area contributed by atoms with E-state index in [4.69, 9.17) is 5.73 Å². The molecule has 14 heavy (non-hydrogen) atoms. The fourth-order valence-electron chi connectivity index (χ4n) is 1.71. The van der Waals surface area contributed by atoms with Crippen molar-refractivity contribution in [1.29, 1.82) is 0 Å². The number of primary amides is 1. The molecule has 0 radical (unpaired) electrons. The quantitative estimate of drug-likeness (QED) is 0.726. The molecule has 0 aliphatic rings. The second-order valence-corrected chi connectivity index (χ2v) is 3.28. The zero-order chi connectivity index (χ0) is 10.3. The molecular weight excluding hydrogens is 178 g/mol. The van der Waals surface area contributed by atoms with Crippen LogP contribution in [0.4, 0.5) is 0 Å². The lowest BCUT2D eigenvalue weighted by molar-refractivity contribution is 0.100. The van der Waals surface area contributed by atoms with Crippen LogP contribution < -0.4 is 5.73 Å². The molecule has 0 atom stereocenters. The first-order valence-corrected chi connectivity index (χ1v) is 4.33. The van der Waals surface area contributed by atoms with Crippen molar-refractivity contribution >= 4 is 16.8 Å². The topological polar surface area (TPSA) is 60.9 Å². The van der Waals surface area contributed by atoms with Gasteiger partial charge in [0.15, 0.2) is 0 Å². The highest BCUT2D eigenvalue weighted by atomic mass is 16.1. The van der Waals surface area contributed by atoms with Crippen LogP contribution in [0.15, 0.2) is 18.2 Å². The van der Waals surface area contributed by atoms with Gasteiger partial charge in [0.05, 0.1) is 16.8 Å². The number of nitrogens with two attached hydrogens (primary N) is 1. The van der Waals surface area contributed by atoms with Crippen molar-refractivity contribution in [3.05, 3.63) is 29.5 Å². The van der Waals surface area contributed by atoms with Crippen LogP contribution in [0.5, 0.6) is 0 Å². The molecule has 0 fully saturated rings. The summed E-state index contributed by atoms with van der Waals surface area (Å²) in [4.78, 5) is 11.2. The molecule has 0 aliphatic carbocycles. The predicted molar refractivity (Wildman–Crippen MR) is 54.0 cm³/mol. The van der Waals surface area contributed by atoms with Gasteiger partial charge in [-0.25, -0.2) is 0 Å². The molecule has 2 aromatic rings. The summed E-state index contributed by atoms with van der Waals surface area (Å²) in [5.74, 6) is -0.418. The zero-order valence-electron chi connectivity index (χ0n) is 8.11. The molecule has 4 nitrogen and oxygen atoms in total. The molecule has 0 bridgehead atoms. The number of hydrogen-bond donors (Lipinski definition) is 1. The third kappa shape index (κ3) is 1.08. The zero-order valence-corrected chi connectivity index (χ0v) is 8.11. The maximum Gasteiger partial charge on any atom is 0.250 e. The Morgan fingerprint density at radius 1 is 1.50 bits per heavy atom. The fourth-order valence-corrected chi connectivity index (χ4v) is 1.71. The van der Waals surface area contributed by atoms with Crippen LogP contribution >= 0.6 is 0 Å². The summed E-state index contributed by atoms with van der Waals surface area (Å²) in [6.07, 6.45) is 0. The Labute approximate surface area is 81.3 Å². The first-order valence-electron chi connectivity index (χ1n) is 4.33. The Kier molecular flexibility index (Phi) is 1.77. The number of amides is 1. The standard InChI is InChI=1S/C10H11N3O/c1-6-7-4-3-5-8(10(11)14)9(7)13(2)12-6/h3-5H,1-2H3,(H2,11,14). The lowest BCUT2D eigenvalue weighted by atomic mass is 10.1. The van der Waals surface area contributed by atoms with Gasteiger partial charge in [-0.15, -0.1) is 0 Å². The Hall–Kier alpha value is -1.84. The van der Waals surface area contributed by atoms with Gasteiger partial charge < -0.3 is 5.73 Å². The van der Waals surface area contributed by atoms with Crippen LogP contribution in [0.3, 0.4) is 0 Å². The fraction of sp³-hybridized carbons (Fsp3) is 0.200. The molecule has 1 amide bonds. The van der Waals surface area contributed by atoms with Crippen molar-refractivity contribution in [3.8, 4) is 0 Å². The number of fused-ring (bicyclic) bond motifs is 1. The van der Waals surface area contributed by atoms with Gasteiger partial charge in [0, 0.05) is 12.4 Å². The molecule has 0 unspecified atom stereocenters. The van der Waals surface area contributed by atoms with Crippen LogP contribution in [0, 0.1) is 6.92 Å². The van der Waals surface area contributed by atoms with Crippen molar-refractivity contribution in [3.63, 3.8) is 0 Å². The molecular formula is C10H11N3O. The Balaban J connectivity index is 2.92. The first-order chi connectivity index (χ1) is 6.61. The van der Waals surface area contributed by atoms with Crippen molar-refractivity contribution in [1.82, 2.24) is 9.78 Å². The van der Waals surface area contributed by atoms with E-state index in [1.807, 2.05) is 26.1 Å². The molecule has 1 aromatic carbocycles. The summed E-state index contributed by atoms with van der Waals surface area (Å²) in [6, 6.07) is 5.47. The van der Waals surface area contributed by atoms with Gasteiger partial charge in [0.1, 0.15) is 0 Å². The largest absolute Gasteiger partial charge is 0.366 e.